The third-order valence-corrected chi connectivity index (χ3v) is 5.30. The molecular weight excluding hydrogens is 350 g/mol. The number of likely N-dealkylation sites (tertiary alicyclic amines) is 1. The Kier molecular flexibility index (Phi) is 4.32. The normalized spacial score (nSPS) is 15.5. The zero-order chi connectivity index (χ0) is 18.3. The highest BCUT2D eigenvalue weighted by atomic mass is 35.5. The van der Waals surface area contributed by atoms with Gasteiger partial charge in [-0.05, 0) is 50.1 Å². The molecule has 1 amide bonds. The summed E-state index contributed by atoms with van der Waals surface area (Å²) in [5.41, 5.74) is 3.30. The van der Waals surface area contributed by atoms with Gasteiger partial charge in [-0.25, -0.2) is 4.79 Å². The van der Waals surface area contributed by atoms with E-state index in [-0.39, 0.29) is 17.6 Å². The number of piperidine rings is 1. The molecular formula is C20H20ClN3O2. The standard InChI is InChI=1S/C20H20ClN3O2/c1-13-3-2-4-14(11-13)19(25)23-9-7-16(8-10-23)24-18-6-5-15(21)12-17(18)22-20(24)26/h2-6,11-12,16H,7-10H2,1H3,(H,22,26). The number of H-pyrrole nitrogens is 1. The number of benzene rings is 2. The number of amides is 1. The SMILES string of the molecule is Cc1cccc(C(=O)N2CCC(n3c(=O)[nH]c4cc(Cl)ccc43)CC2)c1. The lowest BCUT2D eigenvalue weighted by Gasteiger charge is -2.32. The molecule has 2 aromatic carbocycles. The molecule has 1 aromatic heterocycles. The van der Waals surface area contributed by atoms with E-state index in [4.69, 9.17) is 11.6 Å². The molecule has 0 radical (unpaired) electrons. The van der Waals surface area contributed by atoms with E-state index in [9.17, 15) is 9.59 Å². The second-order valence-electron chi connectivity index (χ2n) is 6.85. The van der Waals surface area contributed by atoms with E-state index in [0.717, 1.165) is 35.0 Å². The fraction of sp³-hybridized carbons (Fsp3) is 0.300. The summed E-state index contributed by atoms with van der Waals surface area (Å²) in [7, 11) is 0. The highest BCUT2D eigenvalue weighted by Crippen LogP contribution is 2.26. The quantitative estimate of drug-likeness (QED) is 0.747. The van der Waals surface area contributed by atoms with Gasteiger partial charge in [-0.3, -0.25) is 9.36 Å². The Hall–Kier alpha value is -2.53. The first-order chi connectivity index (χ1) is 12.5. The first-order valence-electron chi connectivity index (χ1n) is 8.78. The van der Waals surface area contributed by atoms with Crippen LogP contribution in [-0.2, 0) is 0 Å². The van der Waals surface area contributed by atoms with Crippen LogP contribution in [0.4, 0.5) is 0 Å². The minimum absolute atomic E-state index is 0.0604. The van der Waals surface area contributed by atoms with Crippen molar-refractivity contribution < 1.29 is 4.79 Å². The van der Waals surface area contributed by atoms with Crippen molar-refractivity contribution in [2.24, 2.45) is 0 Å². The average molecular weight is 370 g/mol. The lowest BCUT2D eigenvalue weighted by atomic mass is 10.0. The predicted molar refractivity (Wildman–Crippen MR) is 103 cm³/mol. The largest absolute Gasteiger partial charge is 0.338 e. The third-order valence-electron chi connectivity index (χ3n) is 5.06. The number of nitrogens with one attached hydrogen (secondary N) is 1. The molecule has 26 heavy (non-hydrogen) atoms. The zero-order valence-electron chi connectivity index (χ0n) is 14.5. The van der Waals surface area contributed by atoms with Crippen LogP contribution in [0.1, 0.15) is 34.8 Å². The molecule has 1 saturated heterocycles. The van der Waals surface area contributed by atoms with Gasteiger partial charge < -0.3 is 9.88 Å². The molecule has 4 rings (SSSR count). The minimum atomic E-state index is -0.120. The average Bonchev–Trinajstić information content (AvgIpc) is 2.96. The molecule has 0 saturated carbocycles. The minimum Gasteiger partial charge on any atom is -0.338 e. The van der Waals surface area contributed by atoms with Crippen LogP contribution in [0.5, 0.6) is 0 Å². The lowest BCUT2D eigenvalue weighted by molar-refractivity contribution is 0.0695. The lowest BCUT2D eigenvalue weighted by Crippen LogP contribution is -2.40. The summed E-state index contributed by atoms with van der Waals surface area (Å²) in [4.78, 5) is 29.9. The summed E-state index contributed by atoms with van der Waals surface area (Å²) in [5.74, 6) is 0.0604. The molecule has 1 fully saturated rings. The van der Waals surface area contributed by atoms with E-state index in [1.807, 2.05) is 42.2 Å². The topological polar surface area (TPSA) is 58.1 Å². The Labute approximate surface area is 156 Å². The van der Waals surface area contributed by atoms with E-state index in [1.165, 1.54) is 0 Å². The predicted octanol–water partition coefficient (Wildman–Crippen LogP) is 3.77. The summed E-state index contributed by atoms with van der Waals surface area (Å²) < 4.78 is 1.81. The number of carbonyl (C=O) groups excluding carboxylic acids is 1. The molecule has 0 bridgehead atoms. The van der Waals surface area contributed by atoms with E-state index in [1.54, 1.807) is 16.7 Å². The van der Waals surface area contributed by atoms with E-state index in [0.29, 0.717) is 18.1 Å². The number of aromatic amines is 1. The van der Waals surface area contributed by atoms with Crippen molar-refractivity contribution in [3.63, 3.8) is 0 Å². The van der Waals surface area contributed by atoms with Crippen molar-refractivity contribution in [2.75, 3.05) is 13.1 Å². The van der Waals surface area contributed by atoms with Crippen molar-refractivity contribution in [1.82, 2.24) is 14.5 Å². The number of nitrogens with zero attached hydrogens (tertiary/aromatic N) is 2. The van der Waals surface area contributed by atoms with E-state index in [2.05, 4.69) is 4.98 Å². The van der Waals surface area contributed by atoms with Gasteiger partial charge in [0.05, 0.1) is 11.0 Å². The molecule has 1 aliphatic rings. The molecule has 1 N–H and O–H groups in total. The van der Waals surface area contributed by atoms with Crippen LogP contribution in [0.25, 0.3) is 11.0 Å². The highest BCUT2D eigenvalue weighted by Gasteiger charge is 2.26. The van der Waals surface area contributed by atoms with Gasteiger partial charge >= 0.3 is 5.69 Å². The Bertz CT molecular complexity index is 1030. The summed E-state index contributed by atoms with van der Waals surface area (Å²) in [5, 5.41) is 0.601. The van der Waals surface area contributed by atoms with E-state index >= 15 is 0 Å². The van der Waals surface area contributed by atoms with Crippen molar-refractivity contribution in [1.29, 1.82) is 0 Å². The fourth-order valence-corrected chi connectivity index (χ4v) is 3.93. The van der Waals surface area contributed by atoms with Crippen LogP contribution in [-0.4, -0.2) is 33.4 Å². The number of hydrogen-bond acceptors (Lipinski definition) is 2. The molecule has 3 aromatic rings. The maximum absolute atomic E-state index is 12.7. The molecule has 0 spiro atoms. The number of carbonyl (C=O) groups is 1. The number of imidazole rings is 1. The van der Waals surface area contributed by atoms with Crippen LogP contribution in [0, 0.1) is 6.92 Å². The Morgan fingerprint density at radius 1 is 1.15 bits per heavy atom. The zero-order valence-corrected chi connectivity index (χ0v) is 15.3. The molecule has 0 aliphatic carbocycles. The number of fused-ring (bicyclic) bond motifs is 1. The first-order valence-corrected chi connectivity index (χ1v) is 9.16. The smallest absolute Gasteiger partial charge is 0.326 e. The summed E-state index contributed by atoms with van der Waals surface area (Å²) in [6.07, 6.45) is 1.51. The van der Waals surface area contributed by atoms with Gasteiger partial charge in [-0.1, -0.05) is 29.3 Å². The molecule has 134 valence electrons. The van der Waals surface area contributed by atoms with Crippen molar-refractivity contribution >= 4 is 28.5 Å². The van der Waals surface area contributed by atoms with Gasteiger partial charge in [0.15, 0.2) is 0 Å². The van der Waals surface area contributed by atoms with Gasteiger partial charge in [0.2, 0.25) is 0 Å². The second kappa shape index (κ2) is 6.65. The van der Waals surface area contributed by atoms with E-state index < -0.39 is 0 Å². The Morgan fingerprint density at radius 2 is 1.92 bits per heavy atom. The molecule has 0 atom stereocenters. The maximum Gasteiger partial charge on any atom is 0.326 e. The van der Waals surface area contributed by atoms with Crippen LogP contribution in [0.2, 0.25) is 5.02 Å². The first kappa shape index (κ1) is 16.9. The van der Waals surface area contributed by atoms with Crippen LogP contribution >= 0.6 is 11.6 Å². The summed E-state index contributed by atoms with van der Waals surface area (Å²) >= 11 is 6.01. The number of aromatic nitrogens is 2. The van der Waals surface area contributed by atoms with Crippen LogP contribution < -0.4 is 5.69 Å². The molecule has 2 heterocycles. The maximum atomic E-state index is 12.7. The molecule has 5 nitrogen and oxygen atoms in total. The fourth-order valence-electron chi connectivity index (χ4n) is 3.75. The summed E-state index contributed by atoms with van der Waals surface area (Å²) in [6, 6.07) is 13.2. The monoisotopic (exact) mass is 369 g/mol. The third kappa shape index (κ3) is 3.03. The Balaban J connectivity index is 1.53. The van der Waals surface area contributed by atoms with Gasteiger partial charge in [-0.2, -0.15) is 0 Å². The van der Waals surface area contributed by atoms with Gasteiger partial charge in [0.1, 0.15) is 0 Å². The number of hydrogen-bond donors (Lipinski definition) is 1. The number of aryl methyl sites for hydroxylation is 1. The number of halogens is 1. The van der Waals surface area contributed by atoms with Crippen LogP contribution in [0.15, 0.2) is 47.3 Å². The molecule has 1 aliphatic heterocycles. The van der Waals surface area contributed by atoms with Gasteiger partial charge in [0, 0.05) is 29.7 Å². The van der Waals surface area contributed by atoms with Gasteiger partial charge in [0.25, 0.3) is 5.91 Å². The number of rotatable bonds is 2. The van der Waals surface area contributed by atoms with Crippen LogP contribution in [0.3, 0.4) is 0 Å². The Morgan fingerprint density at radius 3 is 2.65 bits per heavy atom. The highest BCUT2D eigenvalue weighted by molar-refractivity contribution is 6.31. The second-order valence-corrected chi connectivity index (χ2v) is 7.29. The van der Waals surface area contributed by atoms with Crippen molar-refractivity contribution in [3.05, 3.63) is 69.1 Å². The van der Waals surface area contributed by atoms with Crippen molar-refractivity contribution in [2.45, 2.75) is 25.8 Å². The molecule has 0 unspecified atom stereocenters. The summed E-state index contributed by atoms with van der Waals surface area (Å²) in [6.45, 7) is 3.27. The van der Waals surface area contributed by atoms with Gasteiger partial charge in [-0.15, -0.1) is 0 Å². The van der Waals surface area contributed by atoms with Crippen molar-refractivity contribution in [3.8, 4) is 0 Å². The molecule has 6 heteroatoms.